The molecule has 3 rings (SSSR count). The molecule has 9 heteroatoms. The number of nitrogens with one attached hydrogen (secondary N) is 1. The van der Waals surface area contributed by atoms with Crippen molar-refractivity contribution in [3.8, 4) is 11.5 Å². The molecular formula is C22H28N2O6S. The van der Waals surface area contributed by atoms with Crippen LogP contribution in [0.5, 0.6) is 11.5 Å². The molecule has 0 saturated carbocycles. The number of benzene rings is 2. The predicted octanol–water partition coefficient (Wildman–Crippen LogP) is 2.50. The lowest BCUT2D eigenvalue weighted by atomic mass is 10.2. The number of carbonyl (C=O) groups is 1. The minimum atomic E-state index is -4.06. The third-order valence-electron chi connectivity index (χ3n) is 5.10. The minimum absolute atomic E-state index is 0.0440. The van der Waals surface area contributed by atoms with Crippen LogP contribution >= 0.6 is 0 Å². The Morgan fingerprint density at radius 1 is 1.16 bits per heavy atom. The SMILES string of the molecule is COc1ccc(OC)c(N(CC(=O)NCC2CCCO2)S(=O)(=O)c2ccc(C)cc2)c1. The van der Waals surface area contributed by atoms with Crippen LogP contribution in [0.1, 0.15) is 18.4 Å². The molecule has 0 radical (unpaired) electrons. The zero-order valence-corrected chi connectivity index (χ0v) is 18.8. The van der Waals surface area contributed by atoms with Crippen LogP contribution in [-0.4, -0.2) is 54.3 Å². The van der Waals surface area contributed by atoms with Crippen molar-refractivity contribution in [3.05, 3.63) is 48.0 Å². The largest absolute Gasteiger partial charge is 0.497 e. The van der Waals surface area contributed by atoms with E-state index in [0.717, 1.165) is 22.7 Å². The molecule has 1 heterocycles. The van der Waals surface area contributed by atoms with Crippen molar-refractivity contribution in [1.82, 2.24) is 5.32 Å². The van der Waals surface area contributed by atoms with Gasteiger partial charge in [-0.05, 0) is 44.0 Å². The Hall–Kier alpha value is -2.78. The van der Waals surface area contributed by atoms with Gasteiger partial charge in [0.15, 0.2) is 0 Å². The lowest BCUT2D eigenvalue weighted by Crippen LogP contribution is -2.43. The van der Waals surface area contributed by atoms with Crippen LogP contribution in [-0.2, 0) is 19.6 Å². The van der Waals surface area contributed by atoms with E-state index in [1.54, 1.807) is 24.3 Å². The van der Waals surface area contributed by atoms with Crippen LogP contribution in [0.3, 0.4) is 0 Å². The number of hydrogen-bond donors (Lipinski definition) is 1. The summed E-state index contributed by atoms with van der Waals surface area (Å²) in [5.74, 6) is 0.319. The highest BCUT2D eigenvalue weighted by molar-refractivity contribution is 7.92. The number of carbonyl (C=O) groups excluding carboxylic acids is 1. The molecule has 1 aliphatic heterocycles. The third-order valence-corrected chi connectivity index (χ3v) is 6.88. The van der Waals surface area contributed by atoms with Gasteiger partial charge in [0.1, 0.15) is 18.0 Å². The lowest BCUT2D eigenvalue weighted by molar-refractivity contribution is -0.120. The second-order valence-corrected chi connectivity index (χ2v) is 9.16. The van der Waals surface area contributed by atoms with Gasteiger partial charge in [-0.2, -0.15) is 0 Å². The van der Waals surface area contributed by atoms with Crippen molar-refractivity contribution in [2.24, 2.45) is 0 Å². The molecule has 1 N–H and O–H groups in total. The van der Waals surface area contributed by atoms with Gasteiger partial charge >= 0.3 is 0 Å². The van der Waals surface area contributed by atoms with E-state index in [9.17, 15) is 13.2 Å². The maximum Gasteiger partial charge on any atom is 0.264 e. The Morgan fingerprint density at radius 3 is 2.52 bits per heavy atom. The number of hydrogen-bond acceptors (Lipinski definition) is 6. The number of nitrogens with zero attached hydrogens (tertiary/aromatic N) is 1. The van der Waals surface area contributed by atoms with Gasteiger partial charge in [0.05, 0.1) is 30.9 Å². The van der Waals surface area contributed by atoms with Crippen molar-refractivity contribution in [2.45, 2.75) is 30.8 Å². The molecule has 31 heavy (non-hydrogen) atoms. The van der Waals surface area contributed by atoms with Gasteiger partial charge in [0.2, 0.25) is 5.91 Å². The summed E-state index contributed by atoms with van der Waals surface area (Å²) in [4.78, 5) is 12.8. The van der Waals surface area contributed by atoms with Crippen LogP contribution < -0.4 is 19.1 Å². The first-order valence-electron chi connectivity index (χ1n) is 10.0. The average Bonchev–Trinajstić information content (AvgIpc) is 3.29. The summed E-state index contributed by atoms with van der Waals surface area (Å²) < 4.78 is 44.3. The topological polar surface area (TPSA) is 94.2 Å². The first kappa shape index (κ1) is 22.9. The number of amides is 1. The smallest absolute Gasteiger partial charge is 0.264 e. The van der Waals surface area contributed by atoms with E-state index in [4.69, 9.17) is 14.2 Å². The highest BCUT2D eigenvalue weighted by Crippen LogP contribution is 2.35. The lowest BCUT2D eigenvalue weighted by Gasteiger charge is -2.26. The number of anilines is 1. The van der Waals surface area contributed by atoms with Crippen LogP contribution in [0.2, 0.25) is 0 Å². The fraction of sp³-hybridized carbons (Fsp3) is 0.409. The van der Waals surface area contributed by atoms with Crippen molar-refractivity contribution in [3.63, 3.8) is 0 Å². The summed E-state index contributed by atoms with van der Waals surface area (Å²) in [7, 11) is -1.13. The molecule has 1 saturated heterocycles. The number of rotatable bonds is 9. The maximum atomic E-state index is 13.5. The van der Waals surface area contributed by atoms with Crippen LogP contribution in [0, 0.1) is 6.92 Å². The summed E-state index contributed by atoms with van der Waals surface area (Å²) in [5, 5.41) is 2.78. The van der Waals surface area contributed by atoms with E-state index in [1.165, 1.54) is 32.4 Å². The van der Waals surface area contributed by atoms with E-state index in [2.05, 4.69) is 5.32 Å². The van der Waals surface area contributed by atoms with Gasteiger partial charge < -0.3 is 19.5 Å². The number of sulfonamides is 1. The molecular weight excluding hydrogens is 420 g/mol. The van der Waals surface area contributed by atoms with Crippen LogP contribution in [0.15, 0.2) is 47.4 Å². The van der Waals surface area contributed by atoms with Gasteiger partial charge in [-0.15, -0.1) is 0 Å². The second-order valence-electron chi connectivity index (χ2n) is 7.30. The summed E-state index contributed by atoms with van der Waals surface area (Å²) in [6, 6.07) is 11.3. The molecule has 1 fully saturated rings. The third kappa shape index (κ3) is 5.48. The van der Waals surface area contributed by atoms with Gasteiger partial charge in [-0.25, -0.2) is 8.42 Å². The fourth-order valence-corrected chi connectivity index (χ4v) is 4.77. The van der Waals surface area contributed by atoms with Crippen molar-refractivity contribution < 1.29 is 27.4 Å². The van der Waals surface area contributed by atoms with Gasteiger partial charge in [0, 0.05) is 19.2 Å². The van der Waals surface area contributed by atoms with Crippen molar-refractivity contribution >= 4 is 21.6 Å². The highest BCUT2D eigenvalue weighted by atomic mass is 32.2. The van der Waals surface area contributed by atoms with Gasteiger partial charge in [-0.1, -0.05) is 17.7 Å². The molecule has 0 aliphatic carbocycles. The van der Waals surface area contributed by atoms with Crippen LogP contribution in [0.25, 0.3) is 0 Å². The van der Waals surface area contributed by atoms with E-state index in [-0.39, 0.29) is 16.7 Å². The molecule has 1 unspecified atom stereocenters. The van der Waals surface area contributed by atoms with E-state index >= 15 is 0 Å². The first-order valence-corrected chi connectivity index (χ1v) is 11.5. The van der Waals surface area contributed by atoms with Crippen LogP contribution in [0.4, 0.5) is 5.69 Å². The molecule has 2 aromatic rings. The van der Waals surface area contributed by atoms with Gasteiger partial charge in [-0.3, -0.25) is 9.10 Å². The Balaban J connectivity index is 1.95. The zero-order valence-electron chi connectivity index (χ0n) is 18.0. The summed E-state index contributed by atoms with van der Waals surface area (Å²) in [6.45, 7) is 2.48. The highest BCUT2D eigenvalue weighted by Gasteiger charge is 2.30. The molecule has 1 aliphatic rings. The van der Waals surface area contributed by atoms with Crippen molar-refractivity contribution in [2.75, 3.05) is 38.2 Å². The Labute approximate surface area is 183 Å². The van der Waals surface area contributed by atoms with E-state index in [1.807, 2.05) is 6.92 Å². The quantitative estimate of drug-likeness (QED) is 0.634. The molecule has 2 aromatic carbocycles. The minimum Gasteiger partial charge on any atom is -0.497 e. The predicted molar refractivity (Wildman–Crippen MR) is 117 cm³/mol. The summed E-state index contributed by atoms with van der Waals surface area (Å²) >= 11 is 0. The molecule has 8 nitrogen and oxygen atoms in total. The first-order chi connectivity index (χ1) is 14.8. The fourth-order valence-electron chi connectivity index (χ4n) is 3.35. The number of aryl methyl sites for hydroxylation is 1. The van der Waals surface area contributed by atoms with Crippen molar-refractivity contribution in [1.29, 1.82) is 0 Å². The van der Waals surface area contributed by atoms with Gasteiger partial charge in [0.25, 0.3) is 10.0 Å². The average molecular weight is 449 g/mol. The molecule has 168 valence electrons. The number of methoxy groups -OCH3 is 2. The second kappa shape index (κ2) is 10.0. The molecule has 0 bridgehead atoms. The Kier molecular flexibility index (Phi) is 7.40. The van der Waals surface area contributed by atoms with E-state index in [0.29, 0.717) is 24.7 Å². The summed E-state index contributed by atoms with van der Waals surface area (Å²) in [5.41, 5.74) is 1.15. The summed E-state index contributed by atoms with van der Waals surface area (Å²) in [6.07, 6.45) is 1.78. The normalized spacial score (nSPS) is 16.0. The molecule has 0 spiro atoms. The Morgan fingerprint density at radius 2 is 1.90 bits per heavy atom. The maximum absolute atomic E-state index is 13.5. The monoisotopic (exact) mass is 448 g/mol. The molecule has 1 atom stereocenters. The zero-order chi connectivity index (χ0) is 22.4. The number of ether oxygens (including phenoxy) is 3. The molecule has 0 aromatic heterocycles. The Bertz CT molecular complexity index is 1000. The standard InChI is InChI=1S/C22H28N2O6S/c1-16-6-9-19(10-7-16)31(26,27)24(15-22(25)23-14-18-5-4-12-30-18)20-13-17(28-2)8-11-21(20)29-3/h6-11,13,18H,4-5,12,14-15H2,1-3H3,(H,23,25). The molecule has 1 amide bonds. The van der Waals surface area contributed by atoms with E-state index < -0.39 is 22.5 Å².